The molecule has 5 rings (SSSR count). The number of nitrogens with zero attached hydrogens (tertiary/aromatic N) is 4. The smallest absolute Gasteiger partial charge is 0.253 e. The van der Waals surface area contributed by atoms with Crippen molar-refractivity contribution in [1.29, 1.82) is 0 Å². The molecule has 0 aliphatic carbocycles. The van der Waals surface area contributed by atoms with Crippen molar-refractivity contribution in [3.63, 3.8) is 0 Å². The Morgan fingerprint density at radius 1 is 1.03 bits per heavy atom. The van der Waals surface area contributed by atoms with Gasteiger partial charge in [0.05, 0.1) is 23.4 Å². The number of hydrogen-bond acceptors (Lipinski definition) is 3. The third-order valence-electron chi connectivity index (χ3n) is 6.65. The van der Waals surface area contributed by atoms with E-state index >= 15 is 0 Å². The van der Waals surface area contributed by atoms with Gasteiger partial charge in [-0.1, -0.05) is 24.3 Å². The first-order valence-corrected chi connectivity index (χ1v) is 10.8. The van der Waals surface area contributed by atoms with Gasteiger partial charge in [-0.2, -0.15) is 0 Å². The highest BCUT2D eigenvalue weighted by Crippen LogP contribution is 2.25. The Hall–Kier alpha value is -2.66. The summed E-state index contributed by atoms with van der Waals surface area (Å²) in [6.45, 7) is 6.31. The van der Waals surface area contributed by atoms with Gasteiger partial charge >= 0.3 is 0 Å². The molecule has 5 heteroatoms. The second-order valence-corrected chi connectivity index (χ2v) is 8.38. The minimum absolute atomic E-state index is 0.165. The summed E-state index contributed by atoms with van der Waals surface area (Å²) in [4.78, 5) is 22.1. The molecule has 0 bridgehead atoms. The van der Waals surface area contributed by atoms with Gasteiger partial charge in [-0.15, -0.1) is 0 Å². The number of fused-ring (bicyclic) bond motifs is 1. The van der Waals surface area contributed by atoms with Gasteiger partial charge in [0.25, 0.3) is 5.91 Å². The van der Waals surface area contributed by atoms with Gasteiger partial charge in [0.15, 0.2) is 0 Å². The first-order valence-electron chi connectivity index (χ1n) is 10.8. The van der Waals surface area contributed by atoms with E-state index in [2.05, 4.69) is 39.6 Å². The van der Waals surface area contributed by atoms with E-state index in [1.165, 1.54) is 31.5 Å². The standard InChI is InChI=1S/C24H28N4O/c1-18(28-17-25-22-6-2-3-7-23(22)28)19-8-10-20(11-9-19)24(29)27-15-12-21(16-27)26-13-4-5-14-26/h2-3,6-11,17-18,21H,4-5,12-16H2,1H3/t18-,21+/m1/s1. The Labute approximate surface area is 171 Å². The van der Waals surface area contributed by atoms with Crippen LogP contribution in [-0.4, -0.2) is 57.5 Å². The van der Waals surface area contributed by atoms with Gasteiger partial charge in [0.1, 0.15) is 0 Å². The van der Waals surface area contributed by atoms with Crippen LogP contribution in [0.4, 0.5) is 0 Å². The molecule has 5 nitrogen and oxygen atoms in total. The minimum Gasteiger partial charge on any atom is -0.337 e. The summed E-state index contributed by atoms with van der Waals surface area (Å²) in [6.07, 6.45) is 5.61. The van der Waals surface area contributed by atoms with Crippen molar-refractivity contribution in [3.8, 4) is 0 Å². The van der Waals surface area contributed by atoms with Gasteiger partial charge < -0.3 is 9.47 Å². The van der Waals surface area contributed by atoms with Crippen molar-refractivity contribution in [1.82, 2.24) is 19.4 Å². The van der Waals surface area contributed by atoms with Crippen molar-refractivity contribution in [2.24, 2.45) is 0 Å². The predicted molar refractivity (Wildman–Crippen MR) is 115 cm³/mol. The zero-order valence-corrected chi connectivity index (χ0v) is 17.0. The van der Waals surface area contributed by atoms with Crippen molar-refractivity contribution in [2.45, 2.75) is 38.3 Å². The van der Waals surface area contributed by atoms with E-state index in [1.807, 2.05) is 41.6 Å². The molecule has 0 N–H and O–H groups in total. The third kappa shape index (κ3) is 3.44. The molecular weight excluding hydrogens is 360 g/mol. The Morgan fingerprint density at radius 2 is 1.79 bits per heavy atom. The average molecular weight is 389 g/mol. The topological polar surface area (TPSA) is 41.4 Å². The maximum atomic E-state index is 13.0. The van der Waals surface area contributed by atoms with Gasteiger partial charge in [0.2, 0.25) is 0 Å². The van der Waals surface area contributed by atoms with Gasteiger partial charge in [0, 0.05) is 24.7 Å². The summed E-state index contributed by atoms with van der Waals surface area (Å²) in [7, 11) is 0. The molecule has 0 spiro atoms. The minimum atomic E-state index is 0.165. The van der Waals surface area contributed by atoms with Crippen LogP contribution in [0, 0.1) is 0 Å². The lowest BCUT2D eigenvalue weighted by molar-refractivity contribution is 0.0780. The number of carbonyl (C=O) groups excluding carboxylic acids is 1. The summed E-state index contributed by atoms with van der Waals surface area (Å²) in [6, 6.07) is 17.0. The number of amides is 1. The SMILES string of the molecule is C[C@H](c1ccc(C(=O)N2CC[C@H](N3CCCC3)C2)cc1)n1cnc2ccccc21. The number of hydrogen-bond donors (Lipinski definition) is 0. The number of likely N-dealkylation sites (tertiary alicyclic amines) is 2. The van der Waals surface area contributed by atoms with Crippen molar-refractivity contribution < 1.29 is 4.79 Å². The second-order valence-electron chi connectivity index (χ2n) is 8.38. The van der Waals surface area contributed by atoms with Crippen molar-refractivity contribution in [3.05, 3.63) is 66.0 Å². The molecule has 2 aliphatic rings. The lowest BCUT2D eigenvalue weighted by atomic mass is 10.0. The van der Waals surface area contributed by atoms with E-state index in [0.717, 1.165) is 36.1 Å². The number of rotatable bonds is 4. The van der Waals surface area contributed by atoms with Gasteiger partial charge in [-0.3, -0.25) is 9.69 Å². The average Bonchev–Trinajstić information content (AvgIpc) is 3.53. The summed E-state index contributed by atoms with van der Waals surface area (Å²) < 4.78 is 2.19. The fourth-order valence-electron chi connectivity index (χ4n) is 4.87. The first kappa shape index (κ1) is 18.4. The van der Waals surface area contributed by atoms with Crippen LogP contribution in [0.2, 0.25) is 0 Å². The molecule has 2 aromatic carbocycles. The number of aromatic nitrogens is 2. The van der Waals surface area contributed by atoms with E-state index in [4.69, 9.17) is 0 Å². The number of imidazole rings is 1. The molecule has 3 heterocycles. The highest BCUT2D eigenvalue weighted by Gasteiger charge is 2.31. The molecule has 3 aromatic rings. The van der Waals surface area contributed by atoms with E-state index in [9.17, 15) is 4.79 Å². The molecule has 29 heavy (non-hydrogen) atoms. The molecule has 1 amide bonds. The predicted octanol–water partition coefficient (Wildman–Crippen LogP) is 3.96. The second kappa shape index (κ2) is 7.64. The monoisotopic (exact) mass is 388 g/mol. The van der Waals surface area contributed by atoms with Crippen LogP contribution < -0.4 is 0 Å². The van der Waals surface area contributed by atoms with Crippen molar-refractivity contribution >= 4 is 16.9 Å². The van der Waals surface area contributed by atoms with Crippen LogP contribution in [0.25, 0.3) is 11.0 Å². The molecular formula is C24H28N4O. The zero-order valence-electron chi connectivity index (χ0n) is 17.0. The molecule has 2 saturated heterocycles. The number of benzene rings is 2. The van der Waals surface area contributed by atoms with Crippen LogP contribution in [0.1, 0.15) is 48.1 Å². The van der Waals surface area contributed by atoms with Crippen LogP contribution >= 0.6 is 0 Å². The van der Waals surface area contributed by atoms with Crippen LogP contribution in [0.5, 0.6) is 0 Å². The maximum absolute atomic E-state index is 13.0. The quantitative estimate of drug-likeness (QED) is 0.679. The Kier molecular flexibility index (Phi) is 4.84. The lowest BCUT2D eigenvalue weighted by Gasteiger charge is -2.23. The lowest BCUT2D eigenvalue weighted by Crippen LogP contribution is -2.37. The van der Waals surface area contributed by atoms with Crippen LogP contribution in [0.15, 0.2) is 54.9 Å². The molecule has 0 radical (unpaired) electrons. The molecule has 0 unspecified atom stereocenters. The number of para-hydroxylation sites is 2. The summed E-state index contributed by atoms with van der Waals surface area (Å²) in [5.74, 6) is 0.166. The van der Waals surface area contributed by atoms with Crippen LogP contribution in [-0.2, 0) is 0 Å². The fourth-order valence-corrected chi connectivity index (χ4v) is 4.87. The summed E-state index contributed by atoms with van der Waals surface area (Å²) in [5, 5.41) is 0. The Bertz CT molecular complexity index is 1000. The van der Waals surface area contributed by atoms with Gasteiger partial charge in [-0.05, 0) is 69.1 Å². The molecule has 2 fully saturated rings. The fraction of sp³-hybridized carbons (Fsp3) is 0.417. The highest BCUT2D eigenvalue weighted by atomic mass is 16.2. The molecule has 1 aromatic heterocycles. The number of carbonyl (C=O) groups is 1. The largest absolute Gasteiger partial charge is 0.337 e. The summed E-state index contributed by atoms with van der Waals surface area (Å²) >= 11 is 0. The van der Waals surface area contributed by atoms with Crippen molar-refractivity contribution in [2.75, 3.05) is 26.2 Å². The molecule has 2 aliphatic heterocycles. The maximum Gasteiger partial charge on any atom is 0.253 e. The van der Waals surface area contributed by atoms with E-state index in [1.54, 1.807) is 0 Å². The van der Waals surface area contributed by atoms with Crippen LogP contribution in [0.3, 0.4) is 0 Å². The first-order chi connectivity index (χ1) is 14.2. The highest BCUT2D eigenvalue weighted by molar-refractivity contribution is 5.94. The van der Waals surface area contributed by atoms with E-state index < -0.39 is 0 Å². The summed E-state index contributed by atoms with van der Waals surface area (Å²) in [5.41, 5.74) is 4.11. The normalized spacial score (nSPS) is 21.1. The van der Waals surface area contributed by atoms with Gasteiger partial charge in [-0.25, -0.2) is 4.98 Å². The molecule has 0 saturated carbocycles. The third-order valence-corrected chi connectivity index (χ3v) is 6.65. The Balaban J connectivity index is 1.29. The van der Waals surface area contributed by atoms with E-state index in [0.29, 0.717) is 6.04 Å². The Morgan fingerprint density at radius 3 is 2.59 bits per heavy atom. The zero-order chi connectivity index (χ0) is 19.8. The molecule has 150 valence electrons. The molecule has 2 atom stereocenters. The van der Waals surface area contributed by atoms with E-state index in [-0.39, 0.29) is 11.9 Å².